The molecule has 0 atom stereocenters. The number of nitrogens with one attached hydrogen (secondary N) is 2. The van der Waals surface area contributed by atoms with Crippen molar-refractivity contribution in [3.8, 4) is 11.5 Å². The Hall–Kier alpha value is -3.34. The van der Waals surface area contributed by atoms with Gasteiger partial charge in [-0.15, -0.1) is 0 Å². The molecule has 0 bridgehead atoms. The molecule has 0 saturated heterocycles. The largest absolute Gasteiger partial charge is 0.456 e. The van der Waals surface area contributed by atoms with Crippen LogP contribution in [0.4, 0.5) is 24.5 Å². The average Bonchev–Trinajstić information content (AvgIpc) is 2.60. The van der Waals surface area contributed by atoms with Crippen molar-refractivity contribution in [1.29, 1.82) is 0 Å². The molecular weight excluding hydrogens is 407 g/mol. The summed E-state index contributed by atoms with van der Waals surface area (Å²) in [6.45, 7) is 0.998. The van der Waals surface area contributed by atoms with Gasteiger partial charge < -0.3 is 4.74 Å². The molecular formula is C16H11ClF3N3O5. The Kier molecular flexibility index (Phi) is 6.09. The molecule has 0 saturated carbocycles. The second-order valence-electron chi connectivity index (χ2n) is 5.32. The van der Waals surface area contributed by atoms with Gasteiger partial charge in [-0.3, -0.25) is 30.6 Å². The predicted molar refractivity (Wildman–Crippen MR) is 92.1 cm³/mol. The van der Waals surface area contributed by atoms with Crippen LogP contribution in [-0.2, 0) is 15.8 Å². The lowest BCUT2D eigenvalue weighted by Gasteiger charge is -2.13. The molecule has 8 nitrogen and oxygen atoms in total. The zero-order chi connectivity index (χ0) is 21.1. The first-order valence-electron chi connectivity index (χ1n) is 7.39. The Bertz CT molecular complexity index is 950. The smallest absolute Gasteiger partial charge is 0.416 e. The number of benzene rings is 2. The first kappa shape index (κ1) is 21.0. The van der Waals surface area contributed by atoms with Crippen LogP contribution in [0.3, 0.4) is 0 Å². The van der Waals surface area contributed by atoms with Gasteiger partial charge >= 0.3 is 12.1 Å². The Balaban J connectivity index is 2.29. The molecule has 1 amide bonds. The fourth-order valence-electron chi connectivity index (χ4n) is 1.94. The van der Waals surface area contributed by atoms with E-state index in [-0.39, 0.29) is 22.2 Å². The molecule has 0 radical (unpaired) electrons. The van der Waals surface area contributed by atoms with E-state index < -0.39 is 34.0 Å². The number of carbonyl (C=O) groups is 2. The number of ketones is 1. The van der Waals surface area contributed by atoms with Crippen molar-refractivity contribution in [2.24, 2.45) is 0 Å². The number of nitro benzene ring substituents is 1. The lowest BCUT2D eigenvalue weighted by molar-refractivity contribution is -0.384. The summed E-state index contributed by atoms with van der Waals surface area (Å²) in [5, 5.41) is 10.7. The van der Waals surface area contributed by atoms with Gasteiger partial charge in [-0.1, -0.05) is 11.6 Å². The van der Waals surface area contributed by atoms with E-state index in [1.54, 1.807) is 0 Å². The molecule has 0 spiro atoms. The van der Waals surface area contributed by atoms with E-state index in [0.717, 1.165) is 31.2 Å². The number of nitro groups is 1. The summed E-state index contributed by atoms with van der Waals surface area (Å²) in [5.41, 5.74) is 2.55. The van der Waals surface area contributed by atoms with Crippen LogP contribution in [0.2, 0.25) is 5.02 Å². The highest BCUT2D eigenvalue weighted by Gasteiger charge is 2.31. The molecule has 2 N–H and O–H groups in total. The van der Waals surface area contributed by atoms with Crippen LogP contribution in [0.5, 0.6) is 11.5 Å². The van der Waals surface area contributed by atoms with Crippen LogP contribution in [0, 0.1) is 10.1 Å². The van der Waals surface area contributed by atoms with Crippen molar-refractivity contribution in [3.63, 3.8) is 0 Å². The van der Waals surface area contributed by atoms with Gasteiger partial charge in [0.15, 0.2) is 0 Å². The zero-order valence-electron chi connectivity index (χ0n) is 14.0. The van der Waals surface area contributed by atoms with Gasteiger partial charge in [-0.2, -0.15) is 13.2 Å². The number of hydrogen-bond acceptors (Lipinski definition) is 6. The van der Waals surface area contributed by atoms with E-state index in [2.05, 4.69) is 5.43 Å². The van der Waals surface area contributed by atoms with E-state index in [1.807, 2.05) is 5.43 Å². The number of Topliss-reactive ketones (excluding diaryl/α,β-unsaturated/α-hetero) is 1. The number of alkyl halides is 3. The topological polar surface area (TPSA) is 111 Å². The number of hydrazine groups is 1. The normalized spacial score (nSPS) is 10.9. The Morgan fingerprint density at radius 2 is 1.86 bits per heavy atom. The summed E-state index contributed by atoms with van der Waals surface area (Å²) in [5.74, 6) is -2.01. The summed E-state index contributed by atoms with van der Waals surface area (Å²) in [6, 6.07) is 5.76. The summed E-state index contributed by atoms with van der Waals surface area (Å²) >= 11 is 5.80. The van der Waals surface area contributed by atoms with Gasteiger partial charge in [0.05, 0.1) is 15.5 Å². The van der Waals surface area contributed by atoms with Gasteiger partial charge in [-0.05, 0) is 24.3 Å². The molecule has 2 aromatic carbocycles. The Morgan fingerprint density at radius 1 is 1.18 bits per heavy atom. The third-order valence-electron chi connectivity index (χ3n) is 3.28. The zero-order valence-corrected chi connectivity index (χ0v) is 14.7. The monoisotopic (exact) mass is 417 g/mol. The summed E-state index contributed by atoms with van der Waals surface area (Å²) in [4.78, 5) is 32.5. The average molecular weight is 418 g/mol. The third-order valence-corrected chi connectivity index (χ3v) is 3.58. The third kappa shape index (κ3) is 5.10. The van der Waals surface area contributed by atoms with Crippen LogP contribution < -0.4 is 15.6 Å². The lowest BCUT2D eigenvalue weighted by Crippen LogP contribution is -2.34. The van der Waals surface area contributed by atoms with E-state index >= 15 is 0 Å². The van der Waals surface area contributed by atoms with Crippen LogP contribution in [0.15, 0.2) is 36.4 Å². The highest BCUT2D eigenvalue weighted by molar-refractivity contribution is 6.35. The highest BCUT2D eigenvalue weighted by atomic mass is 35.5. The number of carbonyl (C=O) groups excluding carboxylic acids is 2. The van der Waals surface area contributed by atoms with Crippen LogP contribution in [-0.4, -0.2) is 16.6 Å². The first-order valence-corrected chi connectivity index (χ1v) is 7.77. The number of amides is 1. The minimum Gasteiger partial charge on any atom is -0.456 e. The van der Waals surface area contributed by atoms with Gasteiger partial charge in [0.25, 0.3) is 5.69 Å². The summed E-state index contributed by atoms with van der Waals surface area (Å²) in [6.07, 6.45) is -4.58. The predicted octanol–water partition coefficient (Wildman–Crippen LogP) is 4.09. The van der Waals surface area contributed by atoms with Crippen LogP contribution in [0.25, 0.3) is 0 Å². The van der Waals surface area contributed by atoms with Crippen molar-refractivity contribution in [2.75, 3.05) is 5.43 Å². The molecule has 0 aliphatic rings. The molecule has 0 aliphatic heterocycles. The van der Waals surface area contributed by atoms with Gasteiger partial charge in [0.1, 0.15) is 17.2 Å². The molecule has 0 fully saturated rings. The van der Waals surface area contributed by atoms with E-state index in [4.69, 9.17) is 16.3 Å². The van der Waals surface area contributed by atoms with Crippen molar-refractivity contribution in [3.05, 3.63) is 57.1 Å². The fourth-order valence-corrected chi connectivity index (χ4v) is 2.16. The van der Waals surface area contributed by atoms with E-state index in [9.17, 15) is 32.9 Å². The Labute approximate surface area is 160 Å². The summed E-state index contributed by atoms with van der Waals surface area (Å²) < 4.78 is 43.4. The van der Waals surface area contributed by atoms with Crippen molar-refractivity contribution < 1.29 is 32.4 Å². The molecule has 28 heavy (non-hydrogen) atoms. The SMILES string of the molecule is CC(=O)C(=O)NNc1cc(Oc2ccc(C(F)(F)F)cc2Cl)ccc1[N+](=O)[O-]. The molecule has 2 rings (SSSR count). The number of ether oxygens (including phenoxy) is 1. The maximum absolute atomic E-state index is 12.7. The van der Waals surface area contributed by atoms with Crippen LogP contribution >= 0.6 is 11.6 Å². The minimum absolute atomic E-state index is 0.0215. The number of anilines is 1. The van der Waals surface area contributed by atoms with E-state index in [0.29, 0.717) is 6.07 Å². The van der Waals surface area contributed by atoms with Crippen molar-refractivity contribution >= 4 is 34.7 Å². The molecule has 2 aromatic rings. The first-order chi connectivity index (χ1) is 13.0. The molecule has 0 aromatic heterocycles. The van der Waals surface area contributed by atoms with E-state index in [1.165, 1.54) is 6.07 Å². The molecule has 0 heterocycles. The molecule has 0 aliphatic carbocycles. The van der Waals surface area contributed by atoms with Crippen molar-refractivity contribution in [2.45, 2.75) is 13.1 Å². The molecule has 12 heteroatoms. The highest BCUT2D eigenvalue weighted by Crippen LogP contribution is 2.37. The second kappa shape index (κ2) is 8.13. The molecule has 148 valence electrons. The van der Waals surface area contributed by atoms with Gasteiger partial charge in [0.2, 0.25) is 5.78 Å². The minimum atomic E-state index is -4.58. The fraction of sp³-hybridized carbons (Fsp3) is 0.125. The maximum Gasteiger partial charge on any atom is 0.416 e. The molecule has 0 unspecified atom stereocenters. The quantitative estimate of drug-likeness (QED) is 0.416. The summed E-state index contributed by atoms with van der Waals surface area (Å²) in [7, 11) is 0. The van der Waals surface area contributed by atoms with Gasteiger partial charge in [0, 0.05) is 19.1 Å². The van der Waals surface area contributed by atoms with Gasteiger partial charge in [-0.25, -0.2) is 0 Å². The number of hydrogen-bond donors (Lipinski definition) is 2. The standard InChI is InChI=1S/C16H11ClF3N3O5/c1-8(24)15(25)22-21-12-7-10(3-4-13(12)23(26)27)28-14-5-2-9(6-11(14)17)16(18,19)20/h2-7,21H,1H3,(H,22,25). The maximum atomic E-state index is 12.7. The number of nitrogens with zero attached hydrogens (tertiary/aromatic N) is 1. The second-order valence-corrected chi connectivity index (χ2v) is 5.72. The van der Waals surface area contributed by atoms with Crippen LogP contribution in [0.1, 0.15) is 12.5 Å². The number of rotatable bonds is 6. The number of halogens is 4. The lowest BCUT2D eigenvalue weighted by atomic mass is 10.2. The Morgan fingerprint density at radius 3 is 2.39 bits per heavy atom. The van der Waals surface area contributed by atoms with Crippen molar-refractivity contribution in [1.82, 2.24) is 5.43 Å².